The summed E-state index contributed by atoms with van der Waals surface area (Å²) in [4.78, 5) is 5.66. The fourth-order valence-corrected chi connectivity index (χ4v) is 3.16. The maximum atomic E-state index is 12.4. The molecule has 0 aliphatic carbocycles. The number of hydrogen-bond donors (Lipinski definition) is 2. The van der Waals surface area contributed by atoms with Crippen molar-refractivity contribution in [2.75, 3.05) is 33.2 Å². The molecule has 1 heterocycles. The first-order chi connectivity index (χ1) is 11.8. The maximum absolute atomic E-state index is 12.4. The molecule has 0 saturated carbocycles. The third-order valence-electron chi connectivity index (χ3n) is 4.50. The predicted molar refractivity (Wildman–Crippen MR) is 110 cm³/mol. The van der Waals surface area contributed by atoms with Gasteiger partial charge in [0.1, 0.15) is 0 Å². The van der Waals surface area contributed by atoms with Crippen LogP contribution < -0.4 is 10.6 Å². The molecular weight excluding hydrogens is 456 g/mol. The molecule has 1 atom stereocenters. The summed E-state index contributed by atoms with van der Waals surface area (Å²) in [5.74, 6) is 0.885. The van der Waals surface area contributed by atoms with Gasteiger partial charge in [-0.2, -0.15) is 13.2 Å². The number of guanidine groups is 1. The fourth-order valence-electron chi connectivity index (χ4n) is 3.16. The van der Waals surface area contributed by atoms with Gasteiger partial charge in [0.05, 0.1) is 6.54 Å². The summed E-state index contributed by atoms with van der Waals surface area (Å²) in [6, 6.07) is 6.31. The molecule has 1 fully saturated rings. The van der Waals surface area contributed by atoms with Gasteiger partial charge in [0, 0.05) is 26.7 Å². The summed E-state index contributed by atoms with van der Waals surface area (Å²) in [6.45, 7) is 5.59. The molecule has 1 aliphatic rings. The lowest BCUT2D eigenvalue weighted by Crippen LogP contribution is -2.40. The van der Waals surface area contributed by atoms with E-state index in [1.807, 2.05) is 0 Å². The minimum absolute atomic E-state index is 0. The highest BCUT2D eigenvalue weighted by atomic mass is 127. The number of hydrogen-bond acceptors (Lipinski definition) is 2. The Kier molecular flexibility index (Phi) is 9.15. The Morgan fingerprint density at radius 2 is 2.00 bits per heavy atom. The summed E-state index contributed by atoms with van der Waals surface area (Å²) in [5.41, 5.74) is 3.65. The predicted octanol–water partition coefficient (Wildman–Crippen LogP) is 3.47. The highest BCUT2D eigenvalue weighted by Crippen LogP contribution is 2.22. The molecule has 1 unspecified atom stereocenters. The van der Waals surface area contributed by atoms with Crippen LogP contribution in [-0.2, 0) is 6.54 Å². The molecule has 0 radical (unpaired) electrons. The molecule has 0 amide bonds. The minimum atomic E-state index is -4.12. The van der Waals surface area contributed by atoms with Gasteiger partial charge in [-0.1, -0.05) is 23.8 Å². The number of nitrogens with one attached hydrogen (secondary N) is 2. The molecule has 8 heteroatoms. The van der Waals surface area contributed by atoms with Crippen molar-refractivity contribution >= 4 is 29.9 Å². The number of halogens is 4. The van der Waals surface area contributed by atoms with Crippen LogP contribution in [0.5, 0.6) is 0 Å². The van der Waals surface area contributed by atoms with Gasteiger partial charge in [-0.15, -0.1) is 24.0 Å². The van der Waals surface area contributed by atoms with E-state index >= 15 is 0 Å². The topological polar surface area (TPSA) is 39.7 Å². The van der Waals surface area contributed by atoms with Crippen molar-refractivity contribution in [3.05, 3.63) is 34.9 Å². The van der Waals surface area contributed by atoms with Gasteiger partial charge >= 0.3 is 6.18 Å². The zero-order chi connectivity index (χ0) is 18.4. The molecule has 1 aromatic carbocycles. The minimum Gasteiger partial charge on any atom is -0.356 e. The Bertz CT molecular complexity index is 605. The zero-order valence-electron chi connectivity index (χ0n) is 15.5. The molecule has 2 rings (SSSR count). The number of alkyl halides is 3. The molecule has 1 aromatic rings. The summed E-state index contributed by atoms with van der Waals surface area (Å²) < 4.78 is 37.3. The van der Waals surface area contributed by atoms with Gasteiger partial charge in [-0.25, -0.2) is 0 Å². The van der Waals surface area contributed by atoms with E-state index in [0.717, 1.165) is 6.42 Å². The lowest BCUT2D eigenvalue weighted by Gasteiger charge is -2.19. The van der Waals surface area contributed by atoms with Gasteiger partial charge in [0.2, 0.25) is 0 Å². The normalized spacial score (nSPS) is 18.5. The SMILES string of the molecule is CN=C(NCc1ccc(C)cc1C)NCC1CCN(CC(F)(F)F)C1.I. The number of aryl methyl sites for hydroxylation is 2. The van der Waals surface area contributed by atoms with E-state index in [4.69, 9.17) is 0 Å². The highest BCUT2D eigenvalue weighted by molar-refractivity contribution is 14.0. The summed E-state index contributed by atoms with van der Waals surface area (Å²) in [7, 11) is 1.70. The molecule has 1 saturated heterocycles. The summed E-state index contributed by atoms with van der Waals surface area (Å²) in [6.07, 6.45) is -3.34. The second kappa shape index (κ2) is 10.3. The van der Waals surface area contributed by atoms with Gasteiger partial charge < -0.3 is 10.6 Å². The van der Waals surface area contributed by atoms with Crippen molar-refractivity contribution in [2.45, 2.75) is 33.0 Å². The molecule has 0 spiro atoms. The van der Waals surface area contributed by atoms with Crippen LogP contribution in [0.2, 0.25) is 0 Å². The van der Waals surface area contributed by atoms with E-state index in [1.165, 1.54) is 21.6 Å². The largest absolute Gasteiger partial charge is 0.401 e. The van der Waals surface area contributed by atoms with Crippen LogP contribution in [-0.4, -0.2) is 50.3 Å². The van der Waals surface area contributed by atoms with Crippen LogP contribution >= 0.6 is 24.0 Å². The average Bonchev–Trinajstić information content (AvgIpc) is 2.94. The molecule has 1 aliphatic heterocycles. The van der Waals surface area contributed by atoms with Gasteiger partial charge in [-0.05, 0) is 43.9 Å². The summed E-state index contributed by atoms with van der Waals surface area (Å²) >= 11 is 0. The van der Waals surface area contributed by atoms with E-state index in [1.54, 1.807) is 7.05 Å². The van der Waals surface area contributed by atoms with E-state index in [-0.39, 0.29) is 29.9 Å². The van der Waals surface area contributed by atoms with Crippen molar-refractivity contribution < 1.29 is 13.2 Å². The van der Waals surface area contributed by atoms with E-state index < -0.39 is 12.7 Å². The standard InChI is InChI=1S/C18H27F3N4.HI/c1-13-4-5-16(14(2)8-13)10-24-17(22-3)23-9-15-6-7-25(11-15)12-18(19,20)21;/h4-5,8,15H,6-7,9-12H2,1-3H3,(H2,22,23,24);1H. The molecular formula is C18H28F3IN4. The van der Waals surface area contributed by atoms with Crippen LogP contribution in [0, 0.1) is 19.8 Å². The van der Waals surface area contributed by atoms with Crippen molar-refractivity contribution in [2.24, 2.45) is 10.9 Å². The second-order valence-electron chi connectivity index (χ2n) is 6.74. The molecule has 2 N–H and O–H groups in total. The van der Waals surface area contributed by atoms with Crippen LogP contribution in [0.1, 0.15) is 23.1 Å². The number of rotatable bonds is 5. The number of nitrogens with zero attached hydrogens (tertiary/aromatic N) is 2. The third-order valence-corrected chi connectivity index (χ3v) is 4.50. The van der Waals surface area contributed by atoms with Crippen molar-refractivity contribution in [1.82, 2.24) is 15.5 Å². The number of benzene rings is 1. The Labute approximate surface area is 170 Å². The van der Waals surface area contributed by atoms with Crippen LogP contribution in [0.3, 0.4) is 0 Å². The third kappa shape index (κ3) is 7.69. The van der Waals surface area contributed by atoms with E-state index in [0.29, 0.717) is 32.1 Å². The van der Waals surface area contributed by atoms with E-state index in [9.17, 15) is 13.2 Å². The van der Waals surface area contributed by atoms with Crippen LogP contribution in [0.15, 0.2) is 23.2 Å². The number of likely N-dealkylation sites (tertiary alicyclic amines) is 1. The Morgan fingerprint density at radius 1 is 1.27 bits per heavy atom. The lowest BCUT2D eigenvalue weighted by molar-refractivity contribution is -0.143. The maximum Gasteiger partial charge on any atom is 0.401 e. The Hall–Kier alpha value is -1.03. The molecule has 26 heavy (non-hydrogen) atoms. The first-order valence-corrected chi connectivity index (χ1v) is 8.56. The van der Waals surface area contributed by atoms with Crippen LogP contribution in [0.25, 0.3) is 0 Å². The Morgan fingerprint density at radius 3 is 2.62 bits per heavy atom. The quantitative estimate of drug-likeness (QED) is 0.382. The smallest absolute Gasteiger partial charge is 0.356 e. The molecule has 148 valence electrons. The lowest BCUT2D eigenvalue weighted by atomic mass is 10.1. The van der Waals surface area contributed by atoms with Gasteiger partial charge in [0.25, 0.3) is 0 Å². The van der Waals surface area contributed by atoms with Crippen molar-refractivity contribution in [3.8, 4) is 0 Å². The monoisotopic (exact) mass is 484 g/mol. The van der Waals surface area contributed by atoms with Crippen molar-refractivity contribution in [1.29, 1.82) is 0 Å². The van der Waals surface area contributed by atoms with E-state index in [2.05, 4.69) is 47.7 Å². The van der Waals surface area contributed by atoms with Gasteiger partial charge in [0.15, 0.2) is 5.96 Å². The molecule has 4 nitrogen and oxygen atoms in total. The van der Waals surface area contributed by atoms with Crippen LogP contribution in [0.4, 0.5) is 13.2 Å². The average molecular weight is 484 g/mol. The second-order valence-corrected chi connectivity index (χ2v) is 6.74. The molecule has 0 bridgehead atoms. The summed E-state index contributed by atoms with van der Waals surface area (Å²) in [5, 5.41) is 6.49. The first kappa shape index (κ1) is 23.0. The first-order valence-electron chi connectivity index (χ1n) is 8.56. The van der Waals surface area contributed by atoms with Crippen molar-refractivity contribution in [3.63, 3.8) is 0 Å². The molecule has 0 aromatic heterocycles. The highest BCUT2D eigenvalue weighted by Gasteiger charge is 2.34. The fraction of sp³-hybridized carbons (Fsp3) is 0.611. The zero-order valence-corrected chi connectivity index (χ0v) is 17.8. The van der Waals surface area contributed by atoms with Gasteiger partial charge in [-0.3, -0.25) is 9.89 Å². The Balaban J connectivity index is 0.00000338. The number of aliphatic imine (C=N–C) groups is 1.